The molecule has 2 aromatic carbocycles. The molecule has 2 aromatic rings. The molecule has 3 nitrogen and oxygen atoms in total. The molecular formula is C27H30O3. The standard InChI is InChI=1S/C27H30O3/c1-4-27-22(11-12-24(27)18-30-26-10-5-7-19(2)15-26)13-14-25(29)17-21-8-6-9-23(16-21)20(3)28/h5-12,15-16,27H,4,13-14,17-18H2,1-3H3. The molecule has 0 N–H and O–H groups in total. The lowest BCUT2D eigenvalue weighted by atomic mass is 9.89. The van der Waals surface area contributed by atoms with E-state index in [4.69, 9.17) is 4.74 Å². The number of rotatable bonds is 10. The number of benzene rings is 2. The summed E-state index contributed by atoms with van der Waals surface area (Å²) in [6.07, 6.45) is 6.99. The molecule has 3 rings (SSSR count). The third kappa shape index (κ3) is 5.79. The molecule has 1 aliphatic rings. The molecule has 1 aliphatic carbocycles. The van der Waals surface area contributed by atoms with Gasteiger partial charge in [0.15, 0.2) is 5.78 Å². The van der Waals surface area contributed by atoms with Gasteiger partial charge in [-0.05, 0) is 61.6 Å². The van der Waals surface area contributed by atoms with E-state index in [9.17, 15) is 9.59 Å². The Morgan fingerprint density at radius 3 is 2.50 bits per heavy atom. The maximum Gasteiger partial charge on any atom is 0.159 e. The Labute approximate surface area is 179 Å². The maximum atomic E-state index is 12.5. The summed E-state index contributed by atoms with van der Waals surface area (Å²) < 4.78 is 5.99. The molecule has 0 saturated heterocycles. The van der Waals surface area contributed by atoms with Crippen molar-refractivity contribution >= 4 is 11.6 Å². The number of ether oxygens (including phenoxy) is 1. The van der Waals surface area contributed by atoms with Gasteiger partial charge in [-0.25, -0.2) is 0 Å². The van der Waals surface area contributed by atoms with Gasteiger partial charge in [0.05, 0.1) is 0 Å². The Morgan fingerprint density at radius 1 is 1.00 bits per heavy atom. The van der Waals surface area contributed by atoms with E-state index in [0.717, 1.165) is 24.2 Å². The minimum atomic E-state index is 0.0256. The first kappa shape index (κ1) is 21.8. The molecule has 30 heavy (non-hydrogen) atoms. The van der Waals surface area contributed by atoms with Gasteiger partial charge in [0.25, 0.3) is 0 Å². The summed E-state index contributed by atoms with van der Waals surface area (Å²) in [7, 11) is 0. The van der Waals surface area contributed by atoms with Crippen LogP contribution in [0.15, 0.2) is 71.8 Å². The molecule has 0 heterocycles. The second kappa shape index (κ2) is 10.2. The van der Waals surface area contributed by atoms with Crippen molar-refractivity contribution < 1.29 is 14.3 Å². The number of carbonyl (C=O) groups excluding carboxylic acids is 2. The van der Waals surface area contributed by atoms with Crippen molar-refractivity contribution in [1.82, 2.24) is 0 Å². The van der Waals surface area contributed by atoms with Crippen molar-refractivity contribution in [2.75, 3.05) is 6.61 Å². The van der Waals surface area contributed by atoms with Crippen LogP contribution in [0.2, 0.25) is 0 Å². The first-order chi connectivity index (χ1) is 14.5. The highest BCUT2D eigenvalue weighted by Gasteiger charge is 2.22. The molecule has 0 bridgehead atoms. The highest BCUT2D eigenvalue weighted by atomic mass is 16.5. The lowest BCUT2D eigenvalue weighted by Gasteiger charge is -2.18. The van der Waals surface area contributed by atoms with Crippen LogP contribution in [0.3, 0.4) is 0 Å². The van der Waals surface area contributed by atoms with Crippen molar-refractivity contribution in [1.29, 1.82) is 0 Å². The van der Waals surface area contributed by atoms with Gasteiger partial charge in [-0.2, -0.15) is 0 Å². The number of hydrogen-bond acceptors (Lipinski definition) is 3. The van der Waals surface area contributed by atoms with E-state index in [1.165, 1.54) is 16.7 Å². The fourth-order valence-corrected chi connectivity index (χ4v) is 3.99. The predicted molar refractivity (Wildman–Crippen MR) is 121 cm³/mol. The van der Waals surface area contributed by atoms with Crippen molar-refractivity contribution in [3.05, 3.63) is 88.5 Å². The summed E-state index contributed by atoms with van der Waals surface area (Å²) in [5.41, 5.74) is 5.34. The van der Waals surface area contributed by atoms with E-state index in [1.54, 1.807) is 13.0 Å². The zero-order chi connectivity index (χ0) is 21.5. The molecule has 156 valence electrons. The van der Waals surface area contributed by atoms with Crippen LogP contribution in [-0.4, -0.2) is 18.2 Å². The van der Waals surface area contributed by atoms with Gasteiger partial charge in [0.1, 0.15) is 18.1 Å². The number of aryl methyl sites for hydroxylation is 1. The zero-order valence-corrected chi connectivity index (χ0v) is 18.1. The number of hydrogen-bond donors (Lipinski definition) is 0. The Morgan fingerprint density at radius 2 is 1.77 bits per heavy atom. The Kier molecular flexibility index (Phi) is 7.40. The first-order valence-electron chi connectivity index (χ1n) is 10.7. The maximum absolute atomic E-state index is 12.5. The molecule has 0 aliphatic heterocycles. The molecule has 3 heteroatoms. The van der Waals surface area contributed by atoms with Crippen LogP contribution in [0.25, 0.3) is 0 Å². The number of allylic oxidation sites excluding steroid dienone is 3. The van der Waals surface area contributed by atoms with Crippen molar-refractivity contribution in [2.45, 2.75) is 46.5 Å². The van der Waals surface area contributed by atoms with Crippen molar-refractivity contribution in [2.24, 2.45) is 5.92 Å². The van der Waals surface area contributed by atoms with E-state index in [-0.39, 0.29) is 11.6 Å². The summed E-state index contributed by atoms with van der Waals surface area (Å²) >= 11 is 0. The van der Waals surface area contributed by atoms with E-state index in [0.29, 0.717) is 30.9 Å². The monoisotopic (exact) mass is 402 g/mol. The van der Waals surface area contributed by atoms with Crippen LogP contribution in [0, 0.1) is 12.8 Å². The molecule has 0 fully saturated rings. The highest BCUT2D eigenvalue weighted by molar-refractivity contribution is 5.94. The van der Waals surface area contributed by atoms with Crippen LogP contribution >= 0.6 is 0 Å². The molecular weight excluding hydrogens is 372 g/mol. The van der Waals surface area contributed by atoms with Crippen molar-refractivity contribution in [3.63, 3.8) is 0 Å². The minimum absolute atomic E-state index is 0.0256. The first-order valence-corrected chi connectivity index (χ1v) is 10.7. The van der Waals surface area contributed by atoms with Gasteiger partial charge in [0.2, 0.25) is 0 Å². The van der Waals surface area contributed by atoms with Gasteiger partial charge in [-0.3, -0.25) is 9.59 Å². The quantitative estimate of drug-likeness (QED) is 0.454. The topological polar surface area (TPSA) is 43.4 Å². The molecule has 0 amide bonds. The fraction of sp³-hybridized carbons (Fsp3) is 0.333. The summed E-state index contributed by atoms with van der Waals surface area (Å²) in [6.45, 7) is 6.36. The third-order valence-corrected chi connectivity index (χ3v) is 5.64. The lowest BCUT2D eigenvalue weighted by Crippen LogP contribution is -2.12. The average Bonchev–Trinajstić information content (AvgIpc) is 3.13. The van der Waals surface area contributed by atoms with E-state index in [1.807, 2.05) is 36.4 Å². The zero-order valence-electron chi connectivity index (χ0n) is 18.1. The molecule has 0 spiro atoms. The number of ketones is 2. The van der Waals surface area contributed by atoms with Gasteiger partial charge >= 0.3 is 0 Å². The van der Waals surface area contributed by atoms with Gasteiger partial charge in [-0.1, -0.05) is 55.0 Å². The minimum Gasteiger partial charge on any atom is -0.489 e. The lowest BCUT2D eigenvalue weighted by molar-refractivity contribution is -0.118. The summed E-state index contributed by atoms with van der Waals surface area (Å²) in [4.78, 5) is 24.1. The highest BCUT2D eigenvalue weighted by Crippen LogP contribution is 2.33. The normalized spacial score (nSPS) is 15.5. The second-order valence-corrected chi connectivity index (χ2v) is 8.02. The summed E-state index contributed by atoms with van der Waals surface area (Å²) in [5, 5.41) is 0. The van der Waals surface area contributed by atoms with Crippen LogP contribution < -0.4 is 4.74 Å². The van der Waals surface area contributed by atoms with E-state index >= 15 is 0 Å². The Hall–Kier alpha value is -2.94. The fourth-order valence-electron chi connectivity index (χ4n) is 3.99. The number of Topliss-reactive ketones (excluding diaryl/α,β-unsaturated/α-hetero) is 2. The molecule has 0 saturated carbocycles. The molecule has 0 radical (unpaired) electrons. The largest absolute Gasteiger partial charge is 0.489 e. The second-order valence-electron chi connectivity index (χ2n) is 8.02. The Bertz CT molecular complexity index is 981. The van der Waals surface area contributed by atoms with Crippen LogP contribution in [0.5, 0.6) is 5.75 Å². The summed E-state index contributed by atoms with van der Waals surface area (Å²) in [5.74, 6) is 1.47. The smallest absolute Gasteiger partial charge is 0.159 e. The third-order valence-electron chi connectivity index (χ3n) is 5.64. The molecule has 1 unspecified atom stereocenters. The van der Waals surface area contributed by atoms with Crippen molar-refractivity contribution in [3.8, 4) is 5.75 Å². The number of carbonyl (C=O) groups is 2. The van der Waals surface area contributed by atoms with Gasteiger partial charge < -0.3 is 4.74 Å². The average molecular weight is 403 g/mol. The molecule has 0 aromatic heterocycles. The van der Waals surface area contributed by atoms with Crippen LogP contribution in [-0.2, 0) is 11.2 Å². The van der Waals surface area contributed by atoms with E-state index < -0.39 is 0 Å². The van der Waals surface area contributed by atoms with Crippen LogP contribution in [0.1, 0.15) is 54.6 Å². The van der Waals surface area contributed by atoms with E-state index in [2.05, 4.69) is 32.1 Å². The predicted octanol–water partition coefficient (Wildman–Crippen LogP) is 6.06. The Balaban J connectivity index is 1.50. The molecule has 1 atom stereocenters. The SMILES string of the molecule is CCC1C(CCC(=O)Cc2cccc(C(C)=O)c2)=CC=C1COc1cccc(C)c1. The van der Waals surface area contributed by atoms with Gasteiger partial charge in [-0.15, -0.1) is 0 Å². The van der Waals surface area contributed by atoms with Crippen LogP contribution in [0.4, 0.5) is 0 Å². The summed E-state index contributed by atoms with van der Waals surface area (Å²) in [6, 6.07) is 15.5. The van der Waals surface area contributed by atoms with Gasteiger partial charge in [0, 0.05) is 24.3 Å².